The summed E-state index contributed by atoms with van der Waals surface area (Å²) in [4.78, 5) is 12.8. The first kappa shape index (κ1) is 14.1. The lowest BCUT2D eigenvalue weighted by atomic mass is 10.2. The van der Waals surface area contributed by atoms with Crippen LogP contribution >= 0.6 is 0 Å². The smallest absolute Gasteiger partial charge is 0.444 e. The third-order valence-corrected chi connectivity index (χ3v) is 2.10. The molecule has 1 aliphatic heterocycles. The van der Waals surface area contributed by atoms with E-state index in [1.54, 1.807) is 20.8 Å². The molecule has 1 unspecified atom stereocenters. The Balaban J connectivity index is 2.43. The Hall–Kier alpha value is -0.980. The highest BCUT2D eigenvalue weighted by Crippen LogP contribution is 2.24. The number of hydrogen-bond donors (Lipinski definition) is 0. The SMILES string of the molecule is CC(C)(C)OC(=O)N1CCC(OC(F)(F)F)C1. The quantitative estimate of drug-likeness (QED) is 0.722. The summed E-state index contributed by atoms with van der Waals surface area (Å²) in [7, 11) is 0. The first-order chi connectivity index (χ1) is 7.57. The number of alkyl halides is 3. The van der Waals surface area contributed by atoms with Crippen molar-refractivity contribution in [2.24, 2.45) is 0 Å². The molecule has 1 heterocycles. The molecule has 0 N–H and O–H groups in total. The number of halogens is 3. The number of rotatable bonds is 1. The summed E-state index contributed by atoms with van der Waals surface area (Å²) >= 11 is 0. The van der Waals surface area contributed by atoms with Gasteiger partial charge in [0.15, 0.2) is 0 Å². The van der Waals surface area contributed by atoms with Crippen molar-refractivity contribution in [2.75, 3.05) is 13.1 Å². The van der Waals surface area contributed by atoms with E-state index in [4.69, 9.17) is 4.74 Å². The van der Waals surface area contributed by atoms with Gasteiger partial charge in [-0.2, -0.15) is 0 Å². The predicted molar refractivity (Wildman–Crippen MR) is 53.4 cm³/mol. The van der Waals surface area contributed by atoms with Gasteiger partial charge in [-0.25, -0.2) is 4.79 Å². The number of likely N-dealkylation sites (tertiary alicyclic amines) is 1. The van der Waals surface area contributed by atoms with Crippen LogP contribution in [0.2, 0.25) is 0 Å². The summed E-state index contributed by atoms with van der Waals surface area (Å²) < 4.78 is 44.8. The Bertz CT molecular complexity index is 286. The first-order valence-corrected chi connectivity index (χ1v) is 5.29. The lowest BCUT2D eigenvalue weighted by Crippen LogP contribution is -2.36. The molecule has 7 heteroatoms. The number of hydrogen-bond acceptors (Lipinski definition) is 3. The number of carbonyl (C=O) groups excluding carboxylic acids is 1. The first-order valence-electron chi connectivity index (χ1n) is 5.29. The molecule has 1 amide bonds. The summed E-state index contributed by atoms with van der Waals surface area (Å²) in [6.07, 6.45) is -6.10. The lowest BCUT2D eigenvalue weighted by molar-refractivity contribution is -0.340. The number of nitrogens with zero attached hydrogens (tertiary/aromatic N) is 1. The molecule has 1 fully saturated rings. The normalized spacial score (nSPS) is 21.8. The van der Waals surface area contributed by atoms with Crippen LogP contribution in [0.1, 0.15) is 27.2 Å². The fraction of sp³-hybridized carbons (Fsp3) is 0.900. The predicted octanol–water partition coefficient (Wildman–Crippen LogP) is 2.53. The summed E-state index contributed by atoms with van der Waals surface area (Å²) in [6.45, 7) is 5.23. The second kappa shape index (κ2) is 4.72. The molecule has 0 spiro atoms. The molecule has 0 bridgehead atoms. The van der Waals surface area contributed by atoms with E-state index < -0.39 is 24.2 Å². The maximum absolute atomic E-state index is 11.9. The molecule has 1 aliphatic rings. The van der Waals surface area contributed by atoms with Crippen molar-refractivity contribution >= 4 is 6.09 Å². The average molecular weight is 255 g/mol. The molecule has 17 heavy (non-hydrogen) atoms. The third kappa shape index (κ3) is 5.25. The second-order valence-corrected chi connectivity index (χ2v) is 4.90. The van der Waals surface area contributed by atoms with Crippen molar-refractivity contribution in [1.82, 2.24) is 4.90 Å². The van der Waals surface area contributed by atoms with Gasteiger partial charge in [0.1, 0.15) is 5.60 Å². The lowest BCUT2D eigenvalue weighted by Gasteiger charge is -2.24. The van der Waals surface area contributed by atoms with E-state index in [0.717, 1.165) is 0 Å². The molecular weight excluding hydrogens is 239 g/mol. The van der Waals surface area contributed by atoms with Crippen LogP contribution in [-0.2, 0) is 9.47 Å². The van der Waals surface area contributed by atoms with Crippen molar-refractivity contribution in [3.05, 3.63) is 0 Å². The Morgan fingerprint density at radius 2 is 1.88 bits per heavy atom. The number of amides is 1. The molecule has 1 rings (SSSR count). The van der Waals surface area contributed by atoms with Gasteiger partial charge in [-0.05, 0) is 27.2 Å². The molecule has 1 atom stereocenters. The minimum Gasteiger partial charge on any atom is -0.444 e. The van der Waals surface area contributed by atoms with Crippen LogP contribution < -0.4 is 0 Å². The van der Waals surface area contributed by atoms with Gasteiger partial charge in [-0.3, -0.25) is 4.74 Å². The Morgan fingerprint density at radius 1 is 1.29 bits per heavy atom. The van der Waals surface area contributed by atoms with Gasteiger partial charge in [0.25, 0.3) is 0 Å². The minimum atomic E-state index is -4.66. The summed E-state index contributed by atoms with van der Waals surface area (Å²) in [5.74, 6) is 0. The maximum Gasteiger partial charge on any atom is 0.522 e. The second-order valence-electron chi connectivity index (χ2n) is 4.90. The van der Waals surface area contributed by atoms with Gasteiger partial charge in [0.05, 0.1) is 12.6 Å². The summed E-state index contributed by atoms with van der Waals surface area (Å²) in [5, 5.41) is 0. The van der Waals surface area contributed by atoms with Crippen LogP contribution in [0.25, 0.3) is 0 Å². The van der Waals surface area contributed by atoms with Crippen LogP contribution in [0, 0.1) is 0 Å². The highest BCUT2D eigenvalue weighted by molar-refractivity contribution is 5.68. The van der Waals surface area contributed by atoms with Crippen molar-refractivity contribution in [3.63, 3.8) is 0 Å². The van der Waals surface area contributed by atoms with Gasteiger partial charge < -0.3 is 9.64 Å². The molecular formula is C10H16F3NO3. The van der Waals surface area contributed by atoms with Crippen LogP contribution in [0.3, 0.4) is 0 Å². The summed E-state index contributed by atoms with van der Waals surface area (Å²) in [5.41, 5.74) is -0.653. The van der Waals surface area contributed by atoms with Crippen molar-refractivity contribution < 1.29 is 27.4 Å². The zero-order valence-electron chi connectivity index (χ0n) is 10.0. The minimum absolute atomic E-state index is 0.0889. The molecule has 0 aromatic rings. The number of carbonyl (C=O) groups is 1. The van der Waals surface area contributed by atoms with Gasteiger partial charge in [-0.15, -0.1) is 13.2 Å². The van der Waals surface area contributed by atoms with E-state index in [0.29, 0.717) is 0 Å². The Labute approximate surface area is 97.7 Å². The molecule has 1 saturated heterocycles. The van der Waals surface area contributed by atoms with E-state index in [1.165, 1.54) is 4.90 Å². The van der Waals surface area contributed by atoms with Gasteiger partial charge >= 0.3 is 12.5 Å². The third-order valence-electron chi connectivity index (χ3n) is 2.10. The van der Waals surface area contributed by atoms with Gasteiger partial charge in [-0.1, -0.05) is 0 Å². The fourth-order valence-electron chi connectivity index (χ4n) is 1.51. The zero-order chi connectivity index (χ0) is 13.3. The van der Waals surface area contributed by atoms with Crippen molar-refractivity contribution in [3.8, 4) is 0 Å². The van der Waals surface area contributed by atoms with Crippen LogP contribution in [0.4, 0.5) is 18.0 Å². The van der Waals surface area contributed by atoms with E-state index in [9.17, 15) is 18.0 Å². The number of ether oxygens (including phenoxy) is 2. The highest BCUT2D eigenvalue weighted by Gasteiger charge is 2.38. The topological polar surface area (TPSA) is 38.8 Å². The van der Waals surface area contributed by atoms with E-state index in [1.807, 2.05) is 0 Å². The largest absolute Gasteiger partial charge is 0.522 e. The van der Waals surface area contributed by atoms with Crippen LogP contribution in [0.5, 0.6) is 0 Å². The van der Waals surface area contributed by atoms with Crippen LogP contribution in [-0.4, -0.2) is 42.2 Å². The maximum atomic E-state index is 11.9. The summed E-state index contributed by atoms with van der Waals surface area (Å²) in [6, 6.07) is 0. The van der Waals surface area contributed by atoms with E-state index in [2.05, 4.69) is 4.74 Å². The highest BCUT2D eigenvalue weighted by atomic mass is 19.4. The molecule has 4 nitrogen and oxygen atoms in total. The standard InChI is InChI=1S/C10H16F3NO3/c1-9(2,3)17-8(15)14-5-4-7(6-14)16-10(11,12)13/h7H,4-6H2,1-3H3. The van der Waals surface area contributed by atoms with Gasteiger partial charge in [0.2, 0.25) is 0 Å². The fourth-order valence-corrected chi connectivity index (χ4v) is 1.51. The van der Waals surface area contributed by atoms with Gasteiger partial charge in [0, 0.05) is 6.54 Å². The molecule has 0 radical (unpaired) electrons. The molecule has 0 aromatic carbocycles. The molecule has 0 aliphatic carbocycles. The monoisotopic (exact) mass is 255 g/mol. The Kier molecular flexibility index (Phi) is 3.91. The molecule has 0 aromatic heterocycles. The Morgan fingerprint density at radius 3 is 2.35 bits per heavy atom. The van der Waals surface area contributed by atoms with E-state index >= 15 is 0 Å². The van der Waals surface area contributed by atoms with Crippen molar-refractivity contribution in [2.45, 2.75) is 45.3 Å². The van der Waals surface area contributed by atoms with Crippen molar-refractivity contribution in [1.29, 1.82) is 0 Å². The molecule has 100 valence electrons. The van der Waals surface area contributed by atoms with Crippen LogP contribution in [0.15, 0.2) is 0 Å². The average Bonchev–Trinajstić information content (AvgIpc) is 2.45. The zero-order valence-corrected chi connectivity index (χ0v) is 10.0. The van der Waals surface area contributed by atoms with E-state index in [-0.39, 0.29) is 19.5 Å². The molecule has 0 saturated carbocycles.